The van der Waals surface area contributed by atoms with Crippen LogP contribution in [0, 0.1) is 0 Å². The fraction of sp³-hybridized carbons (Fsp3) is 0.400. The molecular formula is C20H24ClN3O3. The number of halogens is 1. The molecule has 3 rings (SSSR count). The van der Waals surface area contributed by atoms with Gasteiger partial charge in [0.05, 0.1) is 24.9 Å². The molecule has 27 heavy (non-hydrogen) atoms. The summed E-state index contributed by atoms with van der Waals surface area (Å²) < 4.78 is 10.6. The smallest absolute Gasteiger partial charge is 0.270 e. The summed E-state index contributed by atoms with van der Waals surface area (Å²) in [5.41, 5.74) is 1.79. The number of benzene rings is 1. The van der Waals surface area contributed by atoms with Crippen LogP contribution in [-0.2, 0) is 0 Å². The second-order valence-electron chi connectivity index (χ2n) is 6.55. The summed E-state index contributed by atoms with van der Waals surface area (Å²) in [6.07, 6.45) is 7.25. The van der Waals surface area contributed by atoms with E-state index in [0.29, 0.717) is 27.9 Å². The molecule has 7 heteroatoms. The zero-order valence-corrected chi connectivity index (χ0v) is 16.3. The largest absolute Gasteiger partial charge is 0.495 e. The number of aromatic nitrogens is 1. The first-order valence-corrected chi connectivity index (χ1v) is 9.44. The Hall–Kier alpha value is -2.47. The lowest BCUT2D eigenvalue weighted by Crippen LogP contribution is -2.36. The lowest BCUT2D eigenvalue weighted by Gasteiger charge is -2.22. The summed E-state index contributed by atoms with van der Waals surface area (Å²) in [5.74, 6) is 0.960. The highest BCUT2D eigenvalue weighted by molar-refractivity contribution is 6.32. The molecule has 1 aliphatic rings. The summed E-state index contributed by atoms with van der Waals surface area (Å²) in [6, 6.07) is 7.19. The van der Waals surface area contributed by atoms with Crippen LogP contribution >= 0.6 is 11.6 Å². The number of hydrogen-bond donors (Lipinski definition) is 2. The molecule has 0 radical (unpaired) electrons. The Labute approximate surface area is 164 Å². The summed E-state index contributed by atoms with van der Waals surface area (Å²) in [4.78, 5) is 16.7. The molecule has 1 aromatic heterocycles. The van der Waals surface area contributed by atoms with Crippen molar-refractivity contribution in [3.8, 4) is 11.5 Å². The van der Waals surface area contributed by atoms with Crippen molar-refractivity contribution in [3.63, 3.8) is 0 Å². The van der Waals surface area contributed by atoms with Crippen LogP contribution in [0.2, 0.25) is 5.02 Å². The molecule has 0 atom stereocenters. The van der Waals surface area contributed by atoms with Crippen molar-refractivity contribution < 1.29 is 14.3 Å². The van der Waals surface area contributed by atoms with E-state index in [4.69, 9.17) is 21.1 Å². The average Bonchev–Trinajstić information content (AvgIpc) is 2.70. The van der Waals surface area contributed by atoms with E-state index in [2.05, 4.69) is 15.6 Å². The molecule has 144 valence electrons. The van der Waals surface area contributed by atoms with Crippen LogP contribution in [-0.4, -0.2) is 31.2 Å². The first kappa shape index (κ1) is 19.3. The molecule has 0 aliphatic heterocycles. The predicted octanol–water partition coefficient (Wildman–Crippen LogP) is 4.56. The van der Waals surface area contributed by atoms with E-state index >= 15 is 0 Å². The van der Waals surface area contributed by atoms with E-state index in [-0.39, 0.29) is 11.9 Å². The molecule has 6 nitrogen and oxygen atoms in total. The van der Waals surface area contributed by atoms with Gasteiger partial charge in [0.1, 0.15) is 17.2 Å². The van der Waals surface area contributed by atoms with Crippen LogP contribution in [0.1, 0.15) is 42.6 Å². The van der Waals surface area contributed by atoms with Crippen LogP contribution in [0.25, 0.3) is 0 Å². The molecule has 1 heterocycles. The number of pyridine rings is 1. The fourth-order valence-electron chi connectivity index (χ4n) is 3.25. The number of methoxy groups -OCH3 is 2. The highest BCUT2D eigenvalue weighted by Gasteiger charge is 2.18. The van der Waals surface area contributed by atoms with Gasteiger partial charge in [-0.3, -0.25) is 9.78 Å². The van der Waals surface area contributed by atoms with Gasteiger partial charge < -0.3 is 20.1 Å². The minimum absolute atomic E-state index is 0.147. The summed E-state index contributed by atoms with van der Waals surface area (Å²) in [6.45, 7) is 0. The van der Waals surface area contributed by atoms with E-state index < -0.39 is 0 Å². The normalized spacial score (nSPS) is 14.5. The Balaban J connectivity index is 1.76. The monoisotopic (exact) mass is 389 g/mol. The van der Waals surface area contributed by atoms with Crippen molar-refractivity contribution in [2.45, 2.75) is 38.1 Å². The lowest BCUT2D eigenvalue weighted by atomic mass is 9.95. The molecule has 0 spiro atoms. The van der Waals surface area contributed by atoms with E-state index in [0.717, 1.165) is 31.4 Å². The van der Waals surface area contributed by atoms with Crippen LogP contribution in [0.4, 0.5) is 11.4 Å². The van der Waals surface area contributed by atoms with Gasteiger partial charge in [0, 0.05) is 30.1 Å². The number of nitrogens with one attached hydrogen (secondary N) is 2. The molecule has 1 aromatic carbocycles. The zero-order valence-electron chi connectivity index (χ0n) is 15.5. The van der Waals surface area contributed by atoms with Crippen molar-refractivity contribution in [1.82, 2.24) is 10.3 Å². The van der Waals surface area contributed by atoms with Gasteiger partial charge in [-0.25, -0.2) is 0 Å². The Bertz CT molecular complexity index is 807. The Morgan fingerprint density at radius 1 is 1.11 bits per heavy atom. The number of hydrogen-bond acceptors (Lipinski definition) is 5. The number of rotatable bonds is 6. The molecular weight excluding hydrogens is 366 g/mol. The SMILES string of the molecule is COc1cc(Nc2ccnc(C(=O)NC3CCCCC3)c2)c(OC)cc1Cl. The second-order valence-corrected chi connectivity index (χ2v) is 6.96. The Morgan fingerprint density at radius 3 is 2.56 bits per heavy atom. The number of carbonyl (C=O) groups is 1. The van der Waals surface area contributed by atoms with E-state index in [1.807, 2.05) is 0 Å². The summed E-state index contributed by atoms with van der Waals surface area (Å²) in [7, 11) is 3.12. The molecule has 0 bridgehead atoms. The third kappa shape index (κ3) is 4.83. The molecule has 0 saturated heterocycles. The topological polar surface area (TPSA) is 72.5 Å². The van der Waals surface area contributed by atoms with Gasteiger partial charge in [0.25, 0.3) is 5.91 Å². The van der Waals surface area contributed by atoms with E-state index in [1.165, 1.54) is 6.42 Å². The van der Waals surface area contributed by atoms with Crippen molar-refractivity contribution in [3.05, 3.63) is 41.2 Å². The lowest BCUT2D eigenvalue weighted by molar-refractivity contribution is 0.0922. The van der Waals surface area contributed by atoms with Gasteiger partial charge in [0.15, 0.2) is 0 Å². The molecule has 2 aromatic rings. The van der Waals surface area contributed by atoms with Crippen molar-refractivity contribution >= 4 is 28.9 Å². The summed E-state index contributed by atoms with van der Waals surface area (Å²) in [5, 5.41) is 6.78. The van der Waals surface area contributed by atoms with Gasteiger partial charge in [0.2, 0.25) is 0 Å². The minimum Gasteiger partial charge on any atom is -0.495 e. The molecule has 1 saturated carbocycles. The summed E-state index contributed by atoms with van der Waals surface area (Å²) >= 11 is 6.15. The fourth-order valence-corrected chi connectivity index (χ4v) is 3.48. The van der Waals surface area contributed by atoms with Crippen LogP contribution in [0.5, 0.6) is 11.5 Å². The number of ether oxygens (including phenoxy) is 2. The highest BCUT2D eigenvalue weighted by Crippen LogP contribution is 2.37. The van der Waals surface area contributed by atoms with E-state index in [1.54, 1.807) is 44.7 Å². The molecule has 1 amide bonds. The van der Waals surface area contributed by atoms with Crippen LogP contribution in [0.15, 0.2) is 30.5 Å². The van der Waals surface area contributed by atoms with Crippen LogP contribution in [0.3, 0.4) is 0 Å². The molecule has 1 aliphatic carbocycles. The second kappa shape index (κ2) is 8.95. The maximum Gasteiger partial charge on any atom is 0.270 e. The van der Waals surface area contributed by atoms with Gasteiger partial charge in [-0.2, -0.15) is 0 Å². The van der Waals surface area contributed by atoms with Crippen LogP contribution < -0.4 is 20.1 Å². The molecule has 1 fully saturated rings. The quantitative estimate of drug-likeness (QED) is 0.757. The number of carbonyl (C=O) groups excluding carboxylic acids is 1. The van der Waals surface area contributed by atoms with E-state index in [9.17, 15) is 4.79 Å². The number of nitrogens with zero attached hydrogens (tertiary/aromatic N) is 1. The maximum atomic E-state index is 12.5. The number of anilines is 2. The minimum atomic E-state index is -0.147. The van der Waals surface area contributed by atoms with Gasteiger partial charge in [-0.05, 0) is 25.0 Å². The highest BCUT2D eigenvalue weighted by atomic mass is 35.5. The van der Waals surface area contributed by atoms with Crippen molar-refractivity contribution in [2.24, 2.45) is 0 Å². The number of amides is 1. The van der Waals surface area contributed by atoms with Crippen molar-refractivity contribution in [2.75, 3.05) is 19.5 Å². The van der Waals surface area contributed by atoms with Gasteiger partial charge >= 0.3 is 0 Å². The first-order valence-electron chi connectivity index (χ1n) is 9.06. The predicted molar refractivity (Wildman–Crippen MR) is 106 cm³/mol. The Kier molecular flexibility index (Phi) is 6.40. The first-order chi connectivity index (χ1) is 13.1. The van der Waals surface area contributed by atoms with Gasteiger partial charge in [-0.15, -0.1) is 0 Å². The zero-order chi connectivity index (χ0) is 19.2. The molecule has 0 unspecified atom stereocenters. The standard InChI is InChI=1S/C20H24ClN3O3/c1-26-18-12-16(19(27-2)11-15(18)21)23-14-8-9-22-17(10-14)20(25)24-13-6-4-3-5-7-13/h8-13H,3-7H2,1-2H3,(H,22,23)(H,24,25). The van der Waals surface area contributed by atoms with Gasteiger partial charge in [-0.1, -0.05) is 30.9 Å². The Morgan fingerprint density at radius 2 is 1.85 bits per heavy atom. The average molecular weight is 390 g/mol. The third-order valence-electron chi connectivity index (χ3n) is 4.69. The maximum absolute atomic E-state index is 12.5. The third-order valence-corrected chi connectivity index (χ3v) is 4.98. The van der Waals surface area contributed by atoms with Crippen molar-refractivity contribution in [1.29, 1.82) is 0 Å². The molecule has 2 N–H and O–H groups in total.